The number of carbonyl (C=O) groups is 1. The Hall–Kier alpha value is -2.43. The number of allylic oxidation sites excluding steroid dienone is 2. The molecule has 5 nitrogen and oxygen atoms in total. The van der Waals surface area contributed by atoms with E-state index in [0.717, 1.165) is 37.6 Å². The SMILES string of the molecule is CCCCCn1ccnc1/C=C/C(=O)/C=C/c1nccn1CCCCC. The molecule has 0 unspecified atom stereocenters. The van der Waals surface area contributed by atoms with Crippen LogP contribution in [0.15, 0.2) is 36.9 Å². The molecule has 0 amide bonds. The van der Waals surface area contributed by atoms with Crippen LogP contribution in [0, 0.1) is 0 Å². The van der Waals surface area contributed by atoms with E-state index < -0.39 is 0 Å². The lowest BCUT2D eigenvalue weighted by Crippen LogP contribution is -2.00. The molecular weight excluding hydrogens is 324 g/mol. The van der Waals surface area contributed by atoms with Crippen molar-refractivity contribution in [3.63, 3.8) is 0 Å². The minimum Gasteiger partial charge on any atom is -0.331 e. The first-order chi connectivity index (χ1) is 12.7. The third kappa shape index (κ3) is 6.47. The van der Waals surface area contributed by atoms with Crippen molar-refractivity contribution in [2.24, 2.45) is 0 Å². The van der Waals surface area contributed by atoms with Crippen LogP contribution in [0.5, 0.6) is 0 Å². The zero-order chi connectivity index (χ0) is 18.6. The molecule has 0 aliphatic carbocycles. The number of aryl methyl sites for hydroxylation is 2. The van der Waals surface area contributed by atoms with E-state index in [-0.39, 0.29) is 5.78 Å². The van der Waals surface area contributed by atoms with Gasteiger partial charge in [0.2, 0.25) is 0 Å². The van der Waals surface area contributed by atoms with E-state index in [4.69, 9.17) is 0 Å². The summed E-state index contributed by atoms with van der Waals surface area (Å²) in [4.78, 5) is 20.8. The molecule has 0 saturated heterocycles. The molecule has 5 heteroatoms. The quantitative estimate of drug-likeness (QED) is 0.408. The molecule has 2 aromatic rings. The zero-order valence-electron chi connectivity index (χ0n) is 16.0. The summed E-state index contributed by atoms with van der Waals surface area (Å²) in [6.45, 7) is 6.25. The van der Waals surface area contributed by atoms with Gasteiger partial charge < -0.3 is 9.13 Å². The van der Waals surface area contributed by atoms with Crippen LogP contribution in [0.1, 0.15) is 64.0 Å². The second kappa shape index (κ2) is 11.2. The largest absolute Gasteiger partial charge is 0.331 e. The van der Waals surface area contributed by atoms with E-state index in [2.05, 4.69) is 32.9 Å². The summed E-state index contributed by atoms with van der Waals surface area (Å²) >= 11 is 0. The third-order valence-electron chi connectivity index (χ3n) is 4.29. The van der Waals surface area contributed by atoms with Crippen molar-refractivity contribution >= 4 is 17.9 Å². The molecule has 2 rings (SSSR count). The summed E-state index contributed by atoms with van der Waals surface area (Å²) in [5.41, 5.74) is 0. The normalized spacial score (nSPS) is 11.8. The number of carbonyl (C=O) groups excluding carboxylic acids is 1. The second-order valence-corrected chi connectivity index (χ2v) is 6.44. The van der Waals surface area contributed by atoms with E-state index in [1.54, 1.807) is 36.7 Å². The summed E-state index contributed by atoms with van der Waals surface area (Å²) in [7, 11) is 0. The van der Waals surface area contributed by atoms with Gasteiger partial charge in [-0.1, -0.05) is 39.5 Å². The van der Waals surface area contributed by atoms with Gasteiger partial charge in [0.15, 0.2) is 5.78 Å². The lowest BCUT2D eigenvalue weighted by Gasteiger charge is -2.04. The lowest BCUT2D eigenvalue weighted by atomic mass is 10.2. The van der Waals surface area contributed by atoms with E-state index in [0.29, 0.717) is 0 Å². The van der Waals surface area contributed by atoms with Gasteiger partial charge in [0.05, 0.1) is 0 Å². The summed E-state index contributed by atoms with van der Waals surface area (Å²) in [5, 5.41) is 0. The van der Waals surface area contributed by atoms with Crippen LogP contribution >= 0.6 is 0 Å². The fourth-order valence-corrected chi connectivity index (χ4v) is 2.77. The molecule has 2 aromatic heterocycles. The molecule has 0 saturated carbocycles. The van der Waals surface area contributed by atoms with Crippen molar-refractivity contribution in [3.8, 4) is 0 Å². The monoisotopic (exact) mass is 354 g/mol. The van der Waals surface area contributed by atoms with Crippen LogP contribution in [0.2, 0.25) is 0 Å². The van der Waals surface area contributed by atoms with Gasteiger partial charge in [-0.2, -0.15) is 0 Å². The topological polar surface area (TPSA) is 52.7 Å². The van der Waals surface area contributed by atoms with Crippen LogP contribution in [0.25, 0.3) is 12.2 Å². The third-order valence-corrected chi connectivity index (χ3v) is 4.29. The van der Waals surface area contributed by atoms with E-state index >= 15 is 0 Å². The molecule has 0 atom stereocenters. The average Bonchev–Trinajstić information content (AvgIpc) is 3.28. The first-order valence-corrected chi connectivity index (χ1v) is 9.67. The predicted molar refractivity (Wildman–Crippen MR) is 107 cm³/mol. The number of hydrogen-bond donors (Lipinski definition) is 0. The maximum absolute atomic E-state index is 12.1. The van der Waals surface area contributed by atoms with Crippen LogP contribution in [-0.4, -0.2) is 24.9 Å². The number of unbranched alkanes of at least 4 members (excludes halogenated alkanes) is 4. The van der Waals surface area contributed by atoms with Crippen molar-refractivity contribution in [1.29, 1.82) is 0 Å². The number of nitrogens with zero attached hydrogens (tertiary/aromatic N) is 4. The highest BCUT2D eigenvalue weighted by molar-refractivity contribution is 6.04. The van der Waals surface area contributed by atoms with Crippen molar-refractivity contribution in [2.45, 2.75) is 65.5 Å². The summed E-state index contributed by atoms with van der Waals surface area (Å²) in [6.07, 6.45) is 21.2. The summed E-state index contributed by atoms with van der Waals surface area (Å²) < 4.78 is 4.17. The van der Waals surface area contributed by atoms with E-state index in [1.165, 1.54) is 25.7 Å². The maximum Gasteiger partial charge on any atom is 0.178 e. The maximum atomic E-state index is 12.1. The van der Waals surface area contributed by atoms with Gasteiger partial charge >= 0.3 is 0 Å². The zero-order valence-corrected chi connectivity index (χ0v) is 16.0. The molecule has 0 spiro atoms. The number of ketones is 1. The summed E-state index contributed by atoms with van der Waals surface area (Å²) in [5.74, 6) is 1.59. The number of hydrogen-bond acceptors (Lipinski definition) is 3. The Labute approximate surface area is 156 Å². The molecule has 2 heterocycles. The molecule has 0 aliphatic rings. The Morgan fingerprint density at radius 3 is 1.73 bits per heavy atom. The lowest BCUT2D eigenvalue weighted by molar-refractivity contribution is -0.110. The Morgan fingerprint density at radius 1 is 0.846 bits per heavy atom. The van der Waals surface area contributed by atoms with E-state index in [1.807, 2.05) is 12.4 Å². The minimum atomic E-state index is -0.0591. The number of rotatable bonds is 12. The highest BCUT2D eigenvalue weighted by atomic mass is 16.1. The molecule has 0 aromatic carbocycles. The fourth-order valence-electron chi connectivity index (χ4n) is 2.77. The smallest absolute Gasteiger partial charge is 0.178 e. The molecule has 0 fully saturated rings. The van der Waals surface area contributed by atoms with Crippen LogP contribution < -0.4 is 0 Å². The van der Waals surface area contributed by atoms with Crippen LogP contribution in [-0.2, 0) is 17.9 Å². The average molecular weight is 354 g/mol. The molecule has 0 N–H and O–H groups in total. The van der Waals surface area contributed by atoms with Gasteiger partial charge in [-0.3, -0.25) is 4.79 Å². The Morgan fingerprint density at radius 2 is 1.31 bits per heavy atom. The first-order valence-electron chi connectivity index (χ1n) is 9.67. The minimum absolute atomic E-state index is 0.0591. The Bertz CT molecular complexity index is 664. The van der Waals surface area contributed by atoms with E-state index in [9.17, 15) is 4.79 Å². The molecule has 26 heavy (non-hydrogen) atoms. The molecule has 0 bridgehead atoms. The highest BCUT2D eigenvalue weighted by Gasteiger charge is 2.01. The van der Waals surface area contributed by atoms with Crippen LogP contribution in [0.4, 0.5) is 0 Å². The molecule has 0 aliphatic heterocycles. The number of imidazole rings is 2. The second-order valence-electron chi connectivity index (χ2n) is 6.44. The number of aromatic nitrogens is 4. The van der Waals surface area contributed by atoms with Gasteiger partial charge in [0.25, 0.3) is 0 Å². The molecule has 140 valence electrons. The van der Waals surface area contributed by atoms with Gasteiger partial charge in [-0.15, -0.1) is 0 Å². The van der Waals surface area contributed by atoms with Crippen molar-refractivity contribution in [1.82, 2.24) is 19.1 Å². The fraction of sp³-hybridized carbons (Fsp3) is 0.476. The van der Waals surface area contributed by atoms with Crippen LogP contribution in [0.3, 0.4) is 0 Å². The predicted octanol–water partition coefficient (Wildman–Crippen LogP) is 4.76. The first kappa shape index (κ1) is 19.9. The van der Waals surface area contributed by atoms with Crippen molar-refractivity contribution in [3.05, 3.63) is 48.6 Å². The van der Waals surface area contributed by atoms with Gasteiger partial charge in [-0.25, -0.2) is 9.97 Å². The standard InChI is InChI=1S/C21H30N4O/c1-3-5-7-15-24-17-13-22-20(24)11-9-19(26)10-12-21-23-14-18-25(21)16-8-6-4-2/h9-14,17-18H,3-8,15-16H2,1-2H3/b11-9+,12-10+. The Kier molecular flexibility index (Phi) is 8.60. The van der Waals surface area contributed by atoms with Crippen molar-refractivity contribution < 1.29 is 4.79 Å². The van der Waals surface area contributed by atoms with Gasteiger partial charge in [-0.05, 0) is 37.1 Å². The molecular formula is C21H30N4O. The molecule has 0 radical (unpaired) electrons. The van der Waals surface area contributed by atoms with Gasteiger partial charge in [0, 0.05) is 37.9 Å². The Balaban J connectivity index is 1.91. The summed E-state index contributed by atoms with van der Waals surface area (Å²) in [6, 6.07) is 0. The van der Waals surface area contributed by atoms with Crippen molar-refractivity contribution in [2.75, 3.05) is 0 Å². The van der Waals surface area contributed by atoms with Gasteiger partial charge in [0.1, 0.15) is 11.6 Å². The highest BCUT2D eigenvalue weighted by Crippen LogP contribution is 2.07.